The predicted octanol–water partition coefficient (Wildman–Crippen LogP) is -4.41. The summed E-state index contributed by atoms with van der Waals surface area (Å²) in [5.41, 5.74) is 0.472. The first-order chi connectivity index (χ1) is 23.4. The molecule has 10 unspecified atom stereocenters. The summed E-state index contributed by atoms with van der Waals surface area (Å²) in [5, 5.41) is 73.2. The quantitative estimate of drug-likeness (QED) is 0.0445. The van der Waals surface area contributed by atoms with Crippen LogP contribution in [-0.4, -0.2) is 151 Å². The van der Waals surface area contributed by atoms with E-state index >= 15 is 0 Å². The van der Waals surface area contributed by atoms with E-state index < -0.39 is 110 Å². The second-order valence-electron chi connectivity index (χ2n) is 13.0. The van der Waals surface area contributed by atoms with Gasteiger partial charge in [-0.25, -0.2) is 4.98 Å². The van der Waals surface area contributed by atoms with Crippen molar-refractivity contribution in [1.29, 1.82) is 0 Å². The largest absolute Gasteiger partial charge is 0.391 e. The Labute approximate surface area is 295 Å². The van der Waals surface area contributed by atoms with E-state index in [2.05, 4.69) is 49.2 Å². The molecule has 1 aromatic rings. The van der Waals surface area contributed by atoms with E-state index in [-0.39, 0.29) is 24.5 Å². The van der Waals surface area contributed by atoms with Gasteiger partial charge in [-0.3, -0.25) is 19.2 Å². The predicted molar refractivity (Wildman–Crippen MR) is 179 cm³/mol. The van der Waals surface area contributed by atoms with Gasteiger partial charge in [0.15, 0.2) is 0 Å². The van der Waals surface area contributed by atoms with Crippen LogP contribution in [0.4, 0.5) is 0 Å². The van der Waals surface area contributed by atoms with Crippen LogP contribution < -0.4 is 26.6 Å². The van der Waals surface area contributed by atoms with Crippen molar-refractivity contribution >= 4 is 36.3 Å². The molecule has 50 heavy (non-hydrogen) atoms. The van der Waals surface area contributed by atoms with E-state index in [1.54, 1.807) is 27.7 Å². The van der Waals surface area contributed by atoms with Crippen molar-refractivity contribution < 1.29 is 59.3 Å². The summed E-state index contributed by atoms with van der Waals surface area (Å²) in [6, 6.07) is -5.02. The van der Waals surface area contributed by atoms with E-state index in [9.17, 15) is 44.7 Å². The van der Waals surface area contributed by atoms with Gasteiger partial charge in [0, 0.05) is 24.1 Å². The van der Waals surface area contributed by atoms with E-state index in [0.717, 1.165) is 0 Å². The summed E-state index contributed by atoms with van der Waals surface area (Å²) in [4.78, 5) is 60.6. The number of carbonyl (C=O) groups excluding carboxylic acids is 4. The summed E-state index contributed by atoms with van der Waals surface area (Å²) < 4.78 is 10.1. The van der Waals surface area contributed by atoms with Gasteiger partial charge in [-0.1, -0.05) is 27.7 Å². The van der Waals surface area contributed by atoms with Crippen LogP contribution in [0.2, 0.25) is 0 Å². The normalized spacial score (nSPS) is 24.5. The lowest BCUT2D eigenvalue weighted by Gasteiger charge is -2.42. The molecule has 1 fully saturated rings. The molecule has 0 aromatic carbocycles. The molecule has 0 spiro atoms. The number of hydrogen-bond acceptors (Lipinski definition) is 15. The molecule has 10 atom stereocenters. The highest BCUT2D eigenvalue weighted by molar-refractivity contribution is 7.80. The number of thiol groups is 1. The Morgan fingerprint density at radius 2 is 1.62 bits per heavy atom. The Kier molecular flexibility index (Phi) is 17.5. The fourth-order valence-corrected chi connectivity index (χ4v) is 5.33. The number of nitrogens with zero attached hydrogens (tertiary/aromatic N) is 1. The van der Waals surface area contributed by atoms with Gasteiger partial charge in [0.1, 0.15) is 49.5 Å². The van der Waals surface area contributed by atoms with Crippen molar-refractivity contribution in [3.05, 3.63) is 18.2 Å². The van der Waals surface area contributed by atoms with Crippen molar-refractivity contribution in [2.75, 3.05) is 25.7 Å². The minimum Gasteiger partial charge on any atom is -0.391 e. The number of amides is 4. The summed E-state index contributed by atoms with van der Waals surface area (Å²) >= 11 is 4.04. The van der Waals surface area contributed by atoms with Crippen LogP contribution in [-0.2, 0) is 35.1 Å². The Morgan fingerprint density at radius 3 is 2.16 bits per heavy atom. The molecule has 1 aromatic heterocycles. The van der Waals surface area contributed by atoms with Crippen molar-refractivity contribution in [2.24, 2.45) is 11.8 Å². The first-order valence-corrected chi connectivity index (χ1v) is 16.9. The van der Waals surface area contributed by atoms with Crippen molar-refractivity contribution in [2.45, 2.75) is 108 Å². The maximum Gasteiger partial charge on any atom is 0.247 e. The van der Waals surface area contributed by atoms with Gasteiger partial charge in [-0.15, -0.1) is 0 Å². The Bertz CT molecular complexity index is 1230. The van der Waals surface area contributed by atoms with Crippen LogP contribution in [0, 0.1) is 11.8 Å². The summed E-state index contributed by atoms with van der Waals surface area (Å²) in [5.74, 6) is -5.98. The number of rotatable bonds is 20. The molecule has 0 saturated carbocycles. The number of aromatic nitrogens is 2. The molecule has 2 heterocycles. The van der Waals surface area contributed by atoms with Crippen LogP contribution in [0.5, 0.6) is 0 Å². The topological polar surface area (TPSA) is 297 Å². The highest BCUT2D eigenvalue weighted by Crippen LogP contribution is 2.24. The summed E-state index contributed by atoms with van der Waals surface area (Å²) in [7, 11) is 0. The fourth-order valence-electron chi connectivity index (χ4n) is 5.13. The molecule has 0 bridgehead atoms. The lowest BCUT2D eigenvalue weighted by Crippen LogP contribution is -2.66. The average Bonchev–Trinajstić information content (AvgIpc) is 3.56. The second-order valence-corrected chi connectivity index (χ2v) is 13.4. The number of ether oxygens (including phenoxy) is 2. The second kappa shape index (κ2) is 20.2. The molecule has 0 aliphatic carbocycles. The highest BCUT2D eigenvalue weighted by atomic mass is 32.1. The van der Waals surface area contributed by atoms with Gasteiger partial charge in [-0.05, 0) is 25.2 Å². The van der Waals surface area contributed by atoms with Gasteiger partial charge >= 0.3 is 0 Å². The third-order valence-electron chi connectivity index (χ3n) is 7.97. The van der Waals surface area contributed by atoms with Crippen molar-refractivity contribution in [1.82, 2.24) is 36.6 Å². The highest BCUT2D eigenvalue weighted by Gasteiger charge is 2.49. The maximum atomic E-state index is 13.8. The number of nitrogens with one attached hydrogen (secondary N) is 6. The van der Waals surface area contributed by atoms with E-state index in [0.29, 0.717) is 5.69 Å². The number of hydrogen-bond donors (Lipinski definition) is 13. The molecule has 4 amide bonds. The first kappa shape index (κ1) is 43.2. The van der Waals surface area contributed by atoms with Crippen molar-refractivity contribution in [3.63, 3.8) is 0 Å². The SMILES string of the molecule is CC(C)CC(NC(=O)C(Cc1cnc[nH]1)NC(=O)C(NCC1(O)OCC(O)C(O)C1O)C(C)C)C(=O)NC(C(=O)NC(CS)OCO)C(C)O. The zero-order valence-corrected chi connectivity index (χ0v) is 29.7. The van der Waals surface area contributed by atoms with Crippen LogP contribution in [0.3, 0.4) is 0 Å². The number of H-pyrrole nitrogens is 1. The molecule has 19 nitrogen and oxygen atoms in total. The van der Waals surface area contributed by atoms with Crippen LogP contribution in [0.1, 0.15) is 46.7 Å². The summed E-state index contributed by atoms with van der Waals surface area (Å²) in [6.07, 6.45) is -4.54. The number of aromatic amines is 1. The van der Waals surface area contributed by atoms with Crippen molar-refractivity contribution in [3.8, 4) is 0 Å². The number of aliphatic hydroxyl groups is 6. The molecule has 1 aliphatic rings. The molecule has 286 valence electrons. The van der Waals surface area contributed by atoms with Gasteiger partial charge in [0.2, 0.25) is 29.4 Å². The zero-order chi connectivity index (χ0) is 37.8. The standard InChI is InChI=1S/C30H53N7O12S/c1-14(2)6-18(27(44)37-23(16(5)39)29(46)36-21(10-50)48-13-38)34-26(43)19(7-17-8-31-12-33-17)35-28(45)22(15(3)4)32-11-30(47)25(42)24(41)20(40)9-49-30/h8,12,14-16,18-25,32,38-42,47,50H,6-7,9-11,13H2,1-5H3,(H,31,33)(H,34,43)(H,35,45)(H,36,46)(H,37,44). The minimum atomic E-state index is -2.34. The minimum absolute atomic E-state index is 0.0146. The Hall–Kier alpha value is -2.92. The van der Waals surface area contributed by atoms with Crippen LogP contribution >= 0.6 is 12.6 Å². The monoisotopic (exact) mass is 735 g/mol. The molecule has 20 heteroatoms. The van der Waals surface area contributed by atoms with Crippen LogP contribution in [0.25, 0.3) is 0 Å². The summed E-state index contributed by atoms with van der Waals surface area (Å²) in [6.45, 7) is 6.56. The molecular weight excluding hydrogens is 682 g/mol. The van der Waals surface area contributed by atoms with Crippen LogP contribution in [0.15, 0.2) is 12.5 Å². The molecule has 1 saturated heterocycles. The van der Waals surface area contributed by atoms with Gasteiger partial charge in [-0.2, -0.15) is 12.6 Å². The lowest BCUT2D eigenvalue weighted by molar-refractivity contribution is -0.318. The molecule has 0 radical (unpaired) electrons. The number of carbonyl (C=O) groups is 4. The third kappa shape index (κ3) is 12.7. The zero-order valence-electron chi connectivity index (χ0n) is 28.8. The van der Waals surface area contributed by atoms with Gasteiger partial charge in [0.25, 0.3) is 0 Å². The molecular formula is C30H53N7O12S. The van der Waals surface area contributed by atoms with E-state index in [4.69, 9.17) is 14.6 Å². The molecule has 2 rings (SSSR count). The first-order valence-electron chi connectivity index (χ1n) is 16.3. The fraction of sp³-hybridized carbons (Fsp3) is 0.767. The smallest absolute Gasteiger partial charge is 0.247 e. The van der Waals surface area contributed by atoms with E-state index in [1.807, 2.05) is 0 Å². The lowest BCUT2D eigenvalue weighted by atomic mass is 9.95. The Balaban J connectivity index is 2.26. The van der Waals surface area contributed by atoms with E-state index in [1.165, 1.54) is 19.4 Å². The van der Waals surface area contributed by atoms with Gasteiger partial charge < -0.3 is 71.7 Å². The number of imidazole rings is 1. The molecule has 12 N–H and O–H groups in total. The molecule has 1 aliphatic heterocycles. The third-order valence-corrected chi connectivity index (χ3v) is 8.30. The van der Waals surface area contributed by atoms with Gasteiger partial charge in [0.05, 0.1) is 31.6 Å². The number of aliphatic hydroxyl groups excluding tert-OH is 5. The Morgan fingerprint density at radius 1 is 1.00 bits per heavy atom. The average molecular weight is 736 g/mol. The maximum absolute atomic E-state index is 13.8.